The van der Waals surface area contributed by atoms with Crippen molar-refractivity contribution in [3.8, 4) is 0 Å². The van der Waals surface area contributed by atoms with Crippen molar-refractivity contribution in [3.63, 3.8) is 0 Å². The molecule has 0 saturated carbocycles. The van der Waals surface area contributed by atoms with Gasteiger partial charge < -0.3 is 4.90 Å². The van der Waals surface area contributed by atoms with E-state index in [-0.39, 0.29) is 5.91 Å². The highest BCUT2D eigenvalue weighted by Crippen LogP contribution is 2.29. The lowest BCUT2D eigenvalue weighted by atomic mass is 9.94. The van der Waals surface area contributed by atoms with Gasteiger partial charge in [-0.15, -0.1) is 0 Å². The van der Waals surface area contributed by atoms with E-state index in [9.17, 15) is 4.79 Å². The molecule has 1 aliphatic rings. The summed E-state index contributed by atoms with van der Waals surface area (Å²) in [6, 6.07) is 16.1. The number of fused-ring (bicyclic) bond motifs is 2. The Morgan fingerprint density at radius 2 is 1.60 bits per heavy atom. The van der Waals surface area contributed by atoms with Gasteiger partial charge in [0.1, 0.15) is 0 Å². The highest BCUT2D eigenvalue weighted by molar-refractivity contribution is 5.96. The molecule has 0 unspecified atom stereocenters. The number of nitrogens with zero attached hydrogens (tertiary/aromatic N) is 1. The molecule has 2 heteroatoms. The summed E-state index contributed by atoms with van der Waals surface area (Å²) in [5.74, 6) is 0.111. The smallest absolute Gasteiger partial charge is 0.231 e. The largest absolute Gasteiger partial charge is 0.315 e. The molecule has 1 amide bonds. The predicted molar refractivity (Wildman–Crippen MR) is 82.7 cm³/mol. The fourth-order valence-corrected chi connectivity index (χ4v) is 2.75. The summed E-state index contributed by atoms with van der Waals surface area (Å²) < 4.78 is 0. The third-order valence-electron chi connectivity index (χ3n) is 3.87. The maximum absolute atomic E-state index is 12.4. The van der Waals surface area contributed by atoms with Crippen LogP contribution in [0.25, 0.3) is 5.57 Å². The molecule has 2 nitrogen and oxygen atoms in total. The van der Waals surface area contributed by atoms with Crippen molar-refractivity contribution in [2.45, 2.75) is 12.8 Å². The number of hydrogen-bond acceptors (Lipinski definition) is 1. The van der Waals surface area contributed by atoms with Crippen LogP contribution in [0.3, 0.4) is 0 Å². The van der Waals surface area contributed by atoms with Gasteiger partial charge in [0.15, 0.2) is 0 Å². The van der Waals surface area contributed by atoms with E-state index in [0.29, 0.717) is 6.42 Å². The maximum Gasteiger partial charge on any atom is 0.231 e. The molecule has 0 spiro atoms. The molecule has 0 atom stereocenters. The van der Waals surface area contributed by atoms with E-state index in [1.54, 1.807) is 4.90 Å². The van der Waals surface area contributed by atoms with E-state index in [2.05, 4.69) is 18.7 Å². The Hall–Kier alpha value is -2.35. The topological polar surface area (TPSA) is 20.3 Å². The molecule has 1 aliphatic heterocycles. The van der Waals surface area contributed by atoms with Crippen LogP contribution in [-0.4, -0.2) is 13.0 Å². The number of allylic oxidation sites excluding steroid dienone is 1. The summed E-state index contributed by atoms with van der Waals surface area (Å²) >= 11 is 0. The van der Waals surface area contributed by atoms with Crippen LogP contribution in [0.2, 0.25) is 0 Å². The zero-order valence-electron chi connectivity index (χ0n) is 11.6. The Kier molecular flexibility index (Phi) is 3.15. The number of benzene rings is 2. The van der Waals surface area contributed by atoms with Crippen molar-refractivity contribution in [2.75, 3.05) is 11.9 Å². The molecule has 0 fully saturated rings. The first kappa shape index (κ1) is 12.7. The van der Waals surface area contributed by atoms with Crippen LogP contribution in [0.4, 0.5) is 5.69 Å². The highest BCUT2D eigenvalue weighted by Gasteiger charge is 2.20. The molecule has 0 radical (unpaired) electrons. The third-order valence-corrected chi connectivity index (χ3v) is 3.87. The lowest BCUT2D eigenvalue weighted by Crippen LogP contribution is -2.28. The van der Waals surface area contributed by atoms with Gasteiger partial charge in [-0.3, -0.25) is 4.79 Å². The van der Waals surface area contributed by atoms with Crippen LogP contribution in [0.5, 0.6) is 0 Å². The number of para-hydroxylation sites is 1. The summed E-state index contributed by atoms with van der Waals surface area (Å²) in [4.78, 5) is 14.2. The van der Waals surface area contributed by atoms with Crippen molar-refractivity contribution < 1.29 is 4.79 Å². The standard InChI is InChI=1S/C18H17NO/c1-13-11-15-8-4-6-10-17(15)19(2)18(20)12-14-7-3-5-9-16(13)14/h3-10H,1,11-12H2,2H3. The number of rotatable bonds is 0. The SMILES string of the molecule is C=C1Cc2ccccc2N(C)C(=O)Cc2ccccc21. The van der Waals surface area contributed by atoms with Crippen LogP contribution >= 0.6 is 0 Å². The van der Waals surface area contributed by atoms with Gasteiger partial charge in [-0.2, -0.15) is 0 Å². The Labute approximate surface area is 119 Å². The second-order valence-electron chi connectivity index (χ2n) is 5.20. The first-order chi connectivity index (χ1) is 9.66. The highest BCUT2D eigenvalue weighted by atomic mass is 16.2. The molecule has 0 aromatic heterocycles. The quantitative estimate of drug-likeness (QED) is 0.712. The molecule has 0 aliphatic carbocycles. The minimum Gasteiger partial charge on any atom is -0.315 e. The number of hydrogen-bond donors (Lipinski definition) is 0. The van der Waals surface area contributed by atoms with Gasteiger partial charge in [-0.25, -0.2) is 0 Å². The average molecular weight is 263 g/mol. The molecule has 2 aromatic carbocycles. The maximum atomic E-state index is 12.4. The predicted octanol–water partition coefficient (Wildman–Crippen LogP) is 3.46. The van der Waals surface area contributed by atoms with Crippen LogP contribution in [-0.2, 0) is 17.6 Å². The molecular weight excluding hydrogens is 246 g/mol. The monoisotopic (exact) mass is 263 g/mol. The Balaban J connectivity index is 2.16. The molecule has 0 saturated heterocycles. The normalized spacial score (nSPS) is 14.9. The molecule has 100 valence electrons. The van der Waals surface area contributed by atoms with E-state index < -0.39 is 0 Å². The molecule has 20 heavy (non-hydrogen) atoms. The number of amides is 1. The fourth-order valence-electron chi connectivity index (χ4n) is 2.75. The van der Waals surface area contributed by atoms with E-state index in [0.717, 1.165) is 34.4 Å². The Bertz CT molecular complexity index is 687. The van der Waals surface area contributed by atoms with Crippen molar-refractivity contribution in [1.29, 1.82) is 0 Å². The summed E-state index contributed by atoms with van der Waals surface area (Å²) in [7, 11) is 1.85. The van der Waals surface area contributed by atoms with Gasteiger partial charge in [0.05, 0.1) is 6.42 Å². The van der Waals surface area contributed by atoms with Crippen LogP contribution < -0.4 is 4.90 Å². The number of anilines is 1. The van der Waals surface area contributed by atoms with E-state index >= 15 is 0 Å². The zero-order valence-corrected chi connectivity index (χ0v) is 11.6. The van der Waals surface area contributed by atoms with Crippen molar-refractivity contribution in [2.24, 2.45) is 0 Å². The van der Waals surface area contributed by atoms with Crippen LogP contribution in [0.1, 0.15) is 16.7 Å². The van der Waals surface area contributed by atoms with Gasteiger partial charge in [-0.05, 0) is 34.8 Å². The lowest BCUT2D eigenvalue weighted by molar-refractivity contribution is -0.117. The molecule has 0 bridgehead atoms. The minimum absolute atomic E-state index is 0.111. The van der Waals surface area contributed by atoms with Crippen LogP contribution in [0.15, 0.2) is 55.1 Å². The summed E-state index contributed by atoms with van der Waals surface area (Å²) in [5, 5.41) is 0. The summed E-state index contributed by atoms with van der Waals surface area (Å²) in [5.41, 5.74) is 5.35. The minimum atomic E-state index is 0.111. The van der Waals surface area contributed by atoms with Gasteiger partial charge in [0.2, 0.25) is 5.91 Å². The first-order valence-corrected chi connectivity index (χ1v) is 6.77. The number of likely N-dealkylation sites (N-methyl/N-ethyl adjacent to an activating group) is 1. The number of carbonyl (C=O) groups excluding carboxylic acids is 1. The number of carbonyl (C=O) groups is 1. The van der Waals surface area contributed by atoms with Crippen molar-refractivity contribution in [3.05, 3.63) is 71.8 Å². The lowest BCUT2D eigenvalue weighted by Gasteiger charge is -2.19. The van der Waals surface area contributed by atoms with E-state index in [1.165, 1.54) is 0 Å². The average Bonchev–Trinajstić information content (AvgIpc) is 2.50. The van der Waals surface area contributed by atoms with Gasteiger partial charge in [0.25, 0.3) is 0 Å². The Morgan fingerprint density at radius 1 is 0.950 bits per heavy atom. The third kappa shape index (κ3) is 2.14. The summed E-state index contributed by atoms with van der Waals surface area (Å²) in [6.07, 6.45) is 1.19. The molecule has 3 rings (SSSR count). The van der Waals surface area contributed by atoms with Crippen LogP contribution in [0, 0.1) is 0 Å². The fraction of sp³-hybridized carbons (Fsp3) is 0.167. The van der Waals surface area contributed by atoms with Gasteiger partial charge >= 0.3 is 0 Å². The molecule has 1 heterocycles. The van der Waals surface area contributed by atoms with Gasteiger partial charge in [-0.1, -0.05) is 49.0 Å². The second-order valence-corrected chi connectivity index (χ2v) is 5.20. The molecular formula is C18H17NO. The molecule has 2 aromatic rings. The van der Waals surface area contributed by atoms with Crippen molar-refractivity contribution in [1.82, 2.24) is 0 Å². The van der Waals surface area contributed by atoms with Gasteiger partial charge in [0, 0.05) is 12.7 Å². The van der Waals surface area contributed by atoms with Crippen molar-refractivity contribution >= 4 is 17.2 Å². The first-order valence-electron chi connectivity index (χ1n) is 6.77. The summed E-state index contributed by atoms with van der Waals surface area (Å²) in [6.45, 7) is 4.22. The molecule has 0 N–H and O–H groups in total. The van der Waals surface area contributed by atoms with E-state index in [4.69, 9.17) is 0 Å². The zero-order chi connectivity index (χ0) is 14.1. The van der Waals surface area contributed by atoms with E-state index in [1.807, 2.05) is 43.4 Å². The Morgan fingerprint density at radius 3 is 2.40 bits per heavy atom. The second kappa shape index (κ2) is 4.97.